The Bertz CT molecular complexity index is 6970. The van der Waals surface area contributed by atoms with Crippen LogP contribution in [0.3, 0.4) is 0 Å². The molecule has 0 saturated carbocycles. The number of anilines is 6. The largest absolute Gasteiger partial charge is 0.369 e. The van der Waals surface area contributed by atoms with Gasteiger partial charge in [0.1, 0.15) is 5.84 Å². The molecular weight excluding hydrogens is 1500 g/mol. The summed E-state index contributed by atoms with van der Waals surface area (Å²) < 4.78 is 2.37. The van der Waals surface area contributed by atoms with E-state index in [9.17, 15) is 5.41 Å². The van der Waals surface area contributed by atoms with Gasteiger partial charge in [-0.1, -0.05) is 315 Å². The summed E-state index contributed by atoms with van der Waals surface area (Å²) in [4.78, 5) is 48.6. The molecule has 6 heterocycles. The highest BCUT2D eigenvalue weighted by atomic mass is 15.2. The molecule has 1 atom stereocenters. The van der Waals surface area contributed by atoms with Crippen molar-refractivity contribution in [3.8, 4) is 102 Å². The number of aromatic nitrogens is 9. The second-order valence-corrected chi connectivity index (χ2v) is 31.1. The smallest absolute Gasteiger partial charge is 0.252 e. The van der Waals surface area contributed by atoms with E-state index in [1.54, 1.807) is 0 Å². The van der Waals surface area contributed by atoms with Crippen LogP contribution in [0.25, 0.3) is 135 Å². The van der Waals surface area contributed by atoms with Crippen LogP contribution in [-0.4, -0.2) is 63.5 Å². The van der Waals surface area contributed by atoms with Crippen LogP contribution in [0.15, 0.2) is 413 Å². The van der Waals surface area contributed by atoms with Crippen molar-refractivity contribution >= 4 is 96.1 Å². The molecule has 123 heavy (non-hydrogen) atoms. The normalized spacial score (nSPS) is 12.8. The van der Waals surface area contributed by atoms with Gasteiger partial charge in [-0.2, -0.15) is 0 Å². The third-order valence-corrected chi connectivity index (χ3v) is 23.6. The van der Waals surface area contributed by atoms with E-state index in [0.717, 1.165) is 140 Å². The lowest BCUT2D eigenvalue weighted by Gasteiger charge is -2.45. The number of nitrogens with zero attached hydrogens (tertiary/aromatic N) is 11. The summed E-state index contributed by atoms with van der Waals surface area (Å²) in [5.74, 6) is 3.95. The lowest BCUT2D eigenvalue weighted by Crippen LogP contribution is -2.61. The number of fused-ring (bicyclic) bond motifs is 7. The van der Waals surface area contributed by atoms with Gasteiger partial charge in [-0.3, -0.25) is 5.41 Å². The zero-order valence-electron chi connectivity index (χ0n) is 67.5. The Kier molecular flexibility index (Phi) is 19.3. The fourth-order valence-electron chi connectivity index (χ4n) is 17.8. The Morgan fingerprint density at radius 2 is 0.756 bits per heavy atom. The minimum Gasteiger partial charge on any atom is -0.369 e. The summed E-state index contributed by atoms with van der Waals surface area (Å²) in [7, 11) is 0. The number of amidine groups is 1. The van der Waals surface area contributed by atoms with Crippen molar-refractivity contribution in [1.82, 2.24) is 49.8 Å². The van der Waals surface area contributed by atoms with E-state index in [2.05, 4.69) is 288 Å². The zero-order valence-corrected chi connectivity index (χ0v) is 67.5. The van der Waals surface area contributed by atoms with Crippen LogP contribution in [0.2, 0.25) is 0 Å². The van der Waals surface area contributed by atoms with Crippen molar-refractivity contribution in [3.63, 3.8) is 0 Å². The first-order chi connectivity index (χ1) is 60.7. The van der Waals surface area contributed by atoms with Gasteiger partial charge in [-0.15, -0.1) is 0 Å². The van der Waals surface area contributed by atoms with Gasteiger partial charge in [-0.25, -0.2) is 39.9 Å². The van der Waals surface area contributed by atoms with E-state index in [-0.39, 0.29) is 19.1 Å². The van der Waals surface area contributed by atoms with Crippen LogP contribution in [-0.2, 0) is 5.41 Å². The number of benzene rings is 15. The monoisotopic (exact) mass is 1580 g/mol. The predicted molar refractivity (Wildman–Crippen MR) is 504 cm³/mol. The molecule has 2 aliphatic rings. The van der Waals surface area contributed by atoms with Gasteiger partial charge < -0.3 is 19.7 Å². The van der Waals surface area contributed by atoms with Crippen LogP contribution in [0, 0.1) is 5.41 Å². The lowest BCUT2D eigenvalue weighted by molar-refractivity contribution is 0.588. The molecule has 21 rings (SSSR count). The van der Waals surface area contributed by atoms with E-state index in [1.807, 2.05) is 158 Å². The first kappa shape index (κ1) is 74.4. The average Bonchev–Trinajstić information content (AvgIpc) is 1.35. The SMILES string of the molecule is C/C=C\C(=C(\c1nc(-c2ccccc2)cc(-c2cccc(-c3ccc4c5c3N(c3ccccc3)c3ccccc3B5c3ccccc3N4c3ccccc3)c2)n1)C(C)(CNC(=N)c1ccccc1)c1ccccc1)n1c2ccc(-c3nc(-c4ccccc4)nc(-c4ccccc4)n3)cc2c2cc(-c3nc(-c4ccccc4)nc(-c4ccccc4)n3)ccc21. The second kappa shape index (κ2) is 31.9. The maximum atomic E-state index is 9.94. The van der Waals surface area contributed by atoms with Crippen molar-refractivity contribution in [2.75, 3.05) is 16.3 Å². The van der Waals surface area contributed by atoms with Gasteiger partial charge in [0.15, 0.2) is 40.8 Å². The topological polar surface area (TPSA) is 150 Å². The van der Waals surface area contributed by atoms with Crippen LogP contribution in [0.4, 0.5) is 34.1 Å². The molecule has 0 amide bonds. The highest BCUT2D eigenvalue weighted by Gasteiger charge is 2.45. The molecule has 13 nitrogen and oxygen atoms in total. The average molecular weight is 1580 g/mol. The second-order valence-electron chi connectivity index (χ2n) is 31.1. The van der Waals surface area contributed by atoms with Crippen LogP contribution < -0.4 is 31.5 Å². The van der Waals surface area contributed by atoms with Crippen molar-refractivity contribution in [1.29, 1.82) is 5.41 Å². The summed E-state index contributed by atoms with van der Waals surface area (Å²) in [5.41, 5.74) is 24.6. The van der Waals surface area contributed by atoms with E-state index in [4.69, 9.17) is 39.9 Å². The minimum absolute atomic E-state index is 0.100. The van der Waals surface area contributed by atoms with E-state index in [0.29, 0.717) is 46.5 Å². The fraction of sp³-hybridized carbons (Fsp3) is 0.0367. The summed E-state index contributed by atoms with van der Waals surface area (Å²) >= 11 is 0. The highest BCUT2D eigenvalue weighted by Crippen LogP contribution is 2.50. The Morgan fingerprint density at radius 1 is 0.358 bits per heavy atom. The fourth-order valence-corrected chi connectivity index (χ4v) is 17.8. The quantitative estimate of drug-likeness (QED) is 0.0345. The summed E-state index contributed by atoms with van der Waals surface area (Å²) in [6, 6.07) is 140. The van der Waals surface area contributed by atoms with Gasteiger partial charge in [0.05, 0.1) is 33.8 Å². The van der Waals surface area contributed by atoms with Gasteiger partial charge in [0.2, 0.25) is 0 Å². The molecule has 0 radical (unpaired) electrons. The minimum atomic E-state index is -1.07. The van der Waals surface area contributed by atoms with Crippen molar-refractivity contribution in [2.45, 2.75) is 19.3 Å². The molecule has 0 bridgehead atoms. The molecule has 2 aliphatic heterocycles. The Morgan fingerprint density at radius 3 is 1.24 bits per heavy atom. The van der Waals surface area contributed by atoms with Gasteiger partial charge >= 0.3 is 0 Å². The van der Waals surface area contributed by atoms with E-state index >= 15 is 0 Å². The number of rotatable bonds is 19. The maximum Gasteiger partial charge on any atom is 0.252 e. The van der Waals surface area contributed by atoms with Crippen LogP contribution in [0.1, 0.15) is 30.8 Å². The molecule has 0 aliphatic carbocycles. The Labute approximate surface area is 713 Å². The van der Waals surface area contributed by atoms with Crippen LogP contribution in [0.5, 0.6) is 0 Å². The molecule has 0 saturated heterocycles. The van der Waals surface area contributed by atoms with Crippen molar-refractivity contribution in [3.05, 3.63) is 429 Å². The molecule has 582 valence electrons. The van der Waals surface area contributed by atoms with Gasteiger partial charge in [0, 0.05) is 112 Å². The standard InChI is InChI=1S/C109H78BN13/c1-3-36-96(123-92-64-61-80(106-117-102(74-41-17-6-18-42-74)115-103(118-106)75-43-19-7-20-44-75)68-86(92)87-69-81(62-65-93(87)123)107-119-104(76-45-21-8-22-46-76)116-105(120-107)77-47-23-9-24-48-77)98(109(2,82-51-25-10-26-52-82)71-112-101(111)73-39-15-5-16-40-73)108-113-90(72-37-13-4-14-38-72)70-91(114-108)79-50-35-49-78(67-79)85-63-66-97-99-100(85)122(84-55-29-12-30-56-84)95-60-34-32-58-89(95)110(99)88-57-31-33-59-94(88)121(97)83-53-27-11-28-54-83/h3-70H,71H2,1-2H3,(H2,111,112)/b36-3-,98-96+. The van der Waals surface area contributed by atoms with Gasteiger partial charge in [-0.05, 0) is 138 Å². The summed E-state index contributed by atoms with van der Waals surface area (Å²) in [5, 5.41) is 15.5. The molecular formula is C109H78BN13. The molecule has 2 N–H and O–H groups in total. The molecule has 4 aromatic heterocycles. The molecule has 14 heteroatoms. The maximum absolute atomic E-state index is 9.94. The summed E-state index contributed by atoms with van der Waals surface area (Å²) in [6.45, 7) is 4.46. The molecule has 1 unspecified atom stereocenters. The Balaban J connectivity index is 0.831. The molecule has 19 aromatic rings. The predicted octanol–water partition coefficient (Wildman–Crippen LogP) is 23.6. The van der Waals surface area contributed by atoms with Crippen molar-refractivity contribution in [2.24, 2.45) is 0 Å². The molecule has 0 fully saturated rings. The molecule has 0 spiro atoms. The van der Waals surface area contributed by atoms with Crippen LogP contribution >= 0.6 is 0 Å². The number of hydrogen-bond donors (Lipinski definition) is 2. The molecule has 15 aromatic carbocycles. The third-order valence-electron chi connectivity index (χ3n) is 23.6. The number of para-hydroxylation sites is 4. The van der Waals surface area contributed by atoms with E-state index < -0.39 is 5.41 Å². The number of hydrogen-bond acceptors (Lipinski definition) is 11. The van der Waals surface area contributed by atoms with Gasteiger partial charge in [0.25, 0.3) is 6.71 Å². The highest BCUT2D eigenvalue weighted by molar-refractivity contribution is 7.00. The zero-order chi connectivity index (χ0) is 82.3. The summed E-state index contributed by atoms with van der Waals surface area (Å²) in [6.07, 6.45) is 4.31. The van der Waals surface area contributed by atoms with E-state index in [1.165, 1.54) is 16.4 Å². The Hall–Kier alpha value is -16.2. The first-order valence-electron chi connectivity index (χ1n) is 41.5. The lowest BCUT2D eigenvalue weighted by atomic mass is 9.33. The number of nitrogens with one attached hydrogen (secondary N) is 2. The third kappa shape index (κ3) is 13.8. The van der Waals surface area contributed by atoms with Crippen molar-refractivity contribution < 1.29 is 0 Å². The first-order valence-corrected chi connectivity index (χ1v) is 41.5. The number of allylic oxidation sites excluding steroid dienone is 3.